The van der Waals surface area contributed by atoms with Crippen LogP contribution in [0.25, 0.3) is 0 Å². The van der Waals surface area contributed by atoms with Crippen LogP contribution in [0.3, 0.4) is 0 Å². The second-order valence-corrected chi connectivity index (χ2v) is 5.17. The van der Waals surface area contributed by atoms with Crippen LogP contribution >= 0.6 is 11.6 Å². The maximum Gasteiger partial charge on any atom is 0.324 e. The lowest BCUT2D eigenvalue weighted by Gasteiger charge is -2.29. The third-order valence-electron chi connectivity index (χ3n) is 3.20. The Balaban J connectivity index is 2.60. The first-order chi connectivity index (χ1) is 8.06. The van der Waals surface area contributed by atoms with Gasteiger partial charge in [-0.15, -0.1) is 11.6 Å². The van der Waals surface area contributed by atoms with E-state index in [1.165, 1.54) is 0 Å². The Bertz CT molecular complexity index is 282. The Morgan fingerprint density at radius 2 is 2.12 bits per heavy atom. The number of alkyl halides is 1. The lowest BCUT2D eigenvalue weighted by molar-refractivity contribution is -0.119. The smallest absolute Gasteiger partial charge is 0.321 e. The fourth-order valence-corrected chi connectivity index (χ4v) is 2.20. The van der Waals surface area contributed by atoms with Crippen molar-refractivity contribution in [1.29, 1.82) is 0 Å². The van der Waals surface area contributed by atoms with Crippen LogP contribution in [-0.2, 0) is 4.79 Å². The lowest BCUT2D eigenvalue weighted by atomic mass is 10.1. The molecular weight excluding hydrogens is 240 g/mol. The SMILES string of the molecule is CCC1CCCCCN1C(=O)NC(=O)C(C)Cl. The van der Waals surface area contributed by atoms with Crippen molar-refractivity contribution >= 4 is 23.5 Å². The molecule has 0 aromatic rings. The molecule has 3 amide bonds. The van der Waals surface area contributed by atoms with Gasteiger partial charge in [0.15, 0.2) is 0 Å². The lowest BCUT2D eigenvalue weighted by Crippen LogP contribution is -2.49. The topological polar surface area (TPSA) is 49.4 Å². The monoisotopic (exact) mass is 260 g/mol. The van der Waals surface area contributed by atoms with E-state index in [-0.39, 0.29) is 12.1 Å². The summed E-state index contributed by atoms with van der Waals surface area (Å²) in [5, 5.41) is 1.68. The molecule has 0 aromatic carbocycles. The zero-order valence-corrected chi connectivity index (χ0v) is 11.3. The van der Waals surface area contributed by atoms with E-state index in [0.717, 1.165) is 38.6 Å². The molecule has 0 aromatic heterocycles. The van der Waals surface area contributed by atoms with Gasteiger partial charge in [-0.05, 0) is 26.2 Å². The number of urea groups is 1. The summed E-state index contributed by atoms with van der Waals surface area (Å²) in [7, 11) is 0. The number of rotatable bonds is 2. The van der Waals surface area contributed by atoms with Gasteiger partial charge >= 0.3 is 6.03 Å². The molecule has 17 heavy (non-hydrogen) atoms. The van der Waals surface area contributed by atoms with E-state index in [1.807, 2.05) is 0 Å². The molecule has 1 aliphatic heterocycles. The van der Waals surface area contributed by atoms with Crippen molar-refractivity contribution in [3.05, 3.63) is 0 Å². The standard InChI is InChI=1S/C12H21ClN2O2/c1-3-10-7-5-4-6-8-15(10)12(17)14-11(16)9(2)13/h9-10H,3-8H2,1-2H3,(H,14,16,17). The highest BCUT2D eigenvalue weighted by Gasteiger charge is 2.25. The second-order valence-electron chi connectivity index (χ2n) is 4.52. The predicted molar refractivity (Wildman–Crippen MR) is 68.1 cm³/mol. The number of amides is 3. The van der Waals surface area contributed by atoms with Crippen LogP contribution in [0.2, 0.25) is 0 Å². The van der Waals surface area contributed by atoms with Crippen molar-refractivity contribution in [3.63, 3.8) is 0 Å². The quantitative estimate of drug-likeness (QED) is 0.776. The van der Waals surface area contributed by atoms with Gasteiger partial charge in [-0.25, -0.2) is 4.79 Å². The maximum absolute atomic E-state index is 12.0. The van der Waals surface area contributed by atoms with E-state index in [9.17, 15) is 9.59 Å². The molecular formula is C12H21ClN2O2. The Kier molecular flexibility index (Phi) is 5.75. The van der Waals surface area contributed by atoms with E-state index in [4.69, 9.17) is 11.6 Å². The third kappa shape index (κ3) is 4.19. The van der Waals surface area contributed by atoms with Crippen LogP contribution in [0.1, 0.15) is 46.0 Å². The molecule has 1 fully saturated rings. The first-order valence-corrected chi connectivity index (χ1v) is 6.75. The molecule has 0 aliphatic carbocycles. The van der Waals surface area contributed by atoms with Crippen molar-refractivity contribution in [1.82, 2.24) is 10.2 Å². The molecule has 5 heteroatoms. The zero-order chi connectivity index (χ0) is 12.8. The van der Waals surface area contributed by atoms with Gasteiger partial charge in [0.1, 0.15) is 5.38 Å². The minimum absolute atomic E-state index is 0.246. The third-order valence-corrected chi connectivity index (χ3v) is 3.40. The number of imide groups is 1. The Hall–Kier alpha value is -0.770. The zero-order valence-electron chi connectivity index (χ0n) is 10.5. The van der Waals surface area contributed by atoms with Gasteiger partial charge in [0, 0.05) is 12.6 Å². The van der Waals surface area contributed by atoms with E-state index >= 15 is 0 Å². The molecule has 0 saturated carbocycles. The number of halogens is 1. The minimum Gasteiger partial charge on any atom is -0.321 e. The number of likely N-dealkylation sites (tertiary alicyclic amines) is 1. The maximum atomic E-state index is 12.0. The molecule has 98 valence electrons. The average molecular weight is 261 g/mol. The molecule has 1 aliphatic rings. The van der Waals surface area contributed by atoms with Crippen LogP contribution < -0.4 is 5.32 Å². The molecule has 0 spiro atoms. The Labute approximate surface area is 108 Å². The molecule has 2 unspecified atom stereocenters. The largest absolute Gasteiger partial charge is 0.324 e. The fourth-order valence-electron chi connectivity index (χ4n) is 2.15. The number of carbonyl (C=O) groups excluding carboxylic acids is 2. The summed E-state index contributed by atoms with van der Waals surface area (Å²) in [6.45, 7) is 4.36. The Morgan fingerprint density at radius 1 is 1.41 bits per heavy atom. The van der Waals surface area contributed by atoms with Gasteiger partial charge < -0.3 is 4.90 Å². The number of nitrogens with one attached hydrogen (secondary N) is 1. The molecule has 4 nitrogen and oxygen atoms in total. The van der Waals surface area contributed by atoms with Gasteiger partial charge in [-0.3, -0.25) is 10.1 Å². The first kappa shape index (κ1) is 14.3. The van der Waals surface area contributed by atoms with Gasteiger partial charge in [0.05, 0.1) is 0 Å². The normalized spacial score (nSPS) is 22.8. The fraction of sp³-hybridized carbons (Fsp3) is 0.833. The molecule has 1 rings (SSSR count). The number of nitrogens with zero attached hydrogens (tertiary/aromatic N) is 1. The number of hydrogen-bond donors (Lipinski definition) is 1. The van der Waals surface area contributed by atoms with E-state index in [2.05, 4.69) is 12.2 Å². The summed E-state index contributed by atoms with van der Waals surface area (Å²) < 4.78 is 0. The van der Waals surface area contributed by atoms with Gasteiger partial charge in [0.2, 0.25) is 5.91 Å². The summed E-state index contributed by atoms with van der Waals surface area (Å²) in [4.78, 5) is 25.1. The molecule has 0 radical (unpaired) electrons. The van der Waals surface area contributed by atoms with Crippen molar-refractivity contribution in [2.75, 3.05) is 6.54 Å². The van der Waals surface area contributed by atoms with Gasteiger partial charge in [-0.1, -0.05) is 19.8 Å². The van der Waals surface area contributed by atoms with Crippen LogP contribution in [-0.4, -0.2) is 34.8 Å². The van der Waals surface area contributed by atoms with Crippen LogP contribution in [0.5, 0.6) is 0 Å². The van der Waals surface area contributed by atoms with Crippen LogP contribution in [0, 0.1) is 0 Å². The summed E-state index contributed by atoms with van der Waals surface area (Å²) in [6.07, 6.45) is 5.27. The van der Waals surface area contributed by atoms with Crippen molar-refractivity contribution < 1.29 is 9.59 Å². The van der Waals surface area contributed by atoms with Crippen LogP contribution in [0.15, 0.2) is 0 Å². The summed E-state index contributed by atoms with van der Waals surface area (Å²) in [5.74, 6) is -0.421. The first-order valence-electron chi connectivity index (χ1n) is 6.31. The average Bonchev–Trinajstić information content (AvgIpc) is 2.53. The van der Waals surface area contributed by atoms with Crippen LogP contribution in [0.4, 0.5) is 4.79 Å². The molecule has 0 bridgehead atoms. The molecule has 2 atom stereocenters. The van der Waals surface area contributed by atoms with E-state index < -0.39 is 11.3 Å². The summed E-state index contributed by atoms with van der Waals surface area (Å²) in [5.41, 5.74) is 0. The van der Waals surface area contributed by atoms with Gasteiger partial charge in [0.25, 0.3) is 0 Å². The van der Waals surface area contributed by atoms with Crippen molar-refractivity contribution in [2.45, 2.75) is 57.4 Å². The molecule has 1 heterocycles. The summed E-state index contributed by atoms with van der Waals surface area (Å²) in [6, 6.07) is -0.0489. The number of carbonyl (C=O) groups is 2. The highest BCUT2D eigenvalue weighted by Crippen LogP contribution is 2.19. The van der Waals surface area contributed by atoms with Crippen molar-refractivity contribution in [3.8, 4) is 0 Å². The van der Waals surface area contributed by atoms with Crippen molar-refractivity contribution in [2.24, 2.45) is 0 Å². The summed E-state index contributed by atoms with van der Waals surface area (Å²) >= 11 is 5.63. The van der Waals surface area contributed by atoms with E-state index in [1.54, 1.807) is 11.8 Å². The minimum atomic E-state index is -0.675. The highest BCUT2D eigenvalue weighted by molar-refractivity contribution is 6.31. The Morgan fingerprint density at radius 3 is 2.71 bits per heavy atom. The number of hydrogen-bond acceptors (Lipinski definition) is 2. The van der Waals surface area contributed by atoms with E-state index in [0.29, 0.717) is 0 Å². The molecule has 1 N–H and O–H groups in total. The highest BCUT2D eigenvalue weighted by atomic mass is 35.5. The van der Waals surface area contributed by atoms with Gasteiger partial charge in [-0.2, -0.15) is 0 Å². The second kappa shape index (κ2) is 6.84. The molecule has 1 saturated heterocycles. The predicted octanol–water partition coefficient (Wildman–Crippen LogP) is 2.50.